The molecule has 2 aromatic heterocycles. The Labute approximate surface area is 191 Å². The Kier molecular flexibility index (Phi) is 7.24. The van der Waals surface area contributed by atoms with E-state index >= 15 is 0 Å². The molecule has 0 bridgehead atoms. The Hall–Kier alpha value is -3.10. The van der Waals surface area contributed by atoms with Crippen molar-refractivity contribution in [2.75, 3.05) is 13.2 Å². The van der Waals surface area contributed by atoms with Gasteiger partial charge in [0.2, 0.25) is 0 Å². The Bertz CT molecular complexity index is 1050. The highest BCUT2D eigenvalue weighted by Gasteiger charge is 2.26. The third-order valence-electron chi connectivity index (χ3n) is 5.48. The first-order valence-electron chi connectivity index (χ1n) is 10.8. The fourth-order valence-corrected chi connectivity index (χ4v) is 4.56. The minimum atomic E-state index is -0.176. The quantitative estimate of drug-likeness (QED) is 0.385. The lowest BCUT2D eigenvalue weighted by molar-refractivity contribution is 0.0746. The molecule has 166 valence electrons. The molecule has 32 heavy (non-hydrogen) atoms. The van der Waals surface area contributed by atoms with E-state index in [1.165, 1.54) is 11.3 Å². The van der Waals surface area contributed by atoms with E-state index in [4.69, 9.17) is 4.74 Å². The summed E-state index contributed by atoms with van der Waals surface area (Å²) in [5, 5.41) is 4.61. The molecule has 0 spiro atoms. The number of amides is 1. The van der Waals surface area contributed by atoms with Crippen LogP contribution in [-0.2, 0) is 0 Å². The SMILES string of the molecule is CC(=O)c1ccc(OCCC[C@H]2CCCN2NC(=O)c2csc(-c3cccnc3)n2)cc1. The van der Waals surface area contributed by atoms with E-state index in [-0.39, 0.29) is 11.7 Å². The van der Waals surface area contributed by atoms with Crippen LogP contribution in [0.5, 0.6) is 5.75 Å². The van der Waals surface area contributed by atoms with Crippen molar-refractivity contribution in [3.8, 4) is 16.3 Å². The Morgan fingerprint density at radius 3 is 2.84 bits per heavy atom. The molecule has 7 nitrogen and oxygen atoms in total. The first-order chi connectivity index (χ1) is 15.6. The molecule has 1 amide bonds. The summed E-state index contributed by atoms with van der Waals surface area (Å²) in [7, 11) is 0. The summed E-state index contributed by atoms with van der Waals surface area (Å²) in [5.74, 6) is 0.635. The van der Waals surface area contributed by atoms with Gasteiger partial charge in [0.05, 0.1) is 6.61 Å². The van der Waals surface area contributed by atoms with E-state index in [0.29, 0.717) is 23.9 Å². The molecule has 4 rings (SSSR count). The van der Waals surface area contributed by atoms with Crippen LogP contribution in [-0.4, -0.2) is 45.9 Å². The van der Waals surface area contributed by atoms with Crippen molar-refractivity contribution in [3.05, 3.63) is 65.4 Å². The maximum Gasteiger partial charge on any atom is 0.285 e. The average molecular weight is 451 g/mol. The zero-order valence-electron chi connectivity index (χ0n) is 18.0. The lowest BCUT2D eigenvalue weighted by Gasteiger charge is -2.24. The van der Waals surface area contributed by atoms with Crippen molar-refractivity contribution in [1.29, 1.82) is 0 Å². The van der Waals surface area contributed by atoms with Crippen LogP contribution in [0, 0.1) is 0 Å². The summed E-state index contributed by atoms with van der Waals surface area (Å²) in [5.41, 5.74) is 5.05. The van der Waals surface area contributed by atoms with Gasteiger partial charge in [0.15, 0.2) is 5.78 Å². The van der Waals surface area contributed by atoms with Crippen LogP contribution >= 0.6 is 11.3 Å². The molecule has 1 aromatic carbocycles. The molecular formula is C24H26N4O3S. The maximum atomic E-state index is 12.7. The highest BCUT2D eigenvalue weighted by Crippen LogP contribution is 2.24. The number of rotatable bonds is 9. The van der Waals surface area contributed by atoms with Crippen molar-refractivity contribution >= 4 is 23.0 Å². The van der Waals surface area contributed by atoms with E-state index < -0.39 is 0 Å². The minimum absolute atomic E-state index is 0.0471. The number of ether oxygens (including phenoxy) is 1. The topological polar surface area (TPSA) is 84.4 Å². The number of nitrogens with one attached hydrogen (secondary N) is 1. The van der Waals surface area contributed by atoms with Crippen molar-refractivity contribution in [3.63, 3.8) is 0 Å². The molecule has 0 saturated carbocycles. The summed E-state index contributed by atoms with van der Waals surface area (Å²) < 4.78 is 5.80. The Morgan fingerprint density at radius 1 is 1.25 bits per heavy atom. The van der Waals surface area contributed by atoms with Crippen LogP contribution < -0.4 is 10.2 Å². The molecule has 1 N–H and O–H groups in total. The number of Topliss-reactive ketones (excluding diaryl/α,β-unsaturated/α-hetero) is 1. The van der Waals surface area contributed by atoms with Crippen molar-refractivity contribution in [2.45, 2.75) is 38.6 Å². The second-order valence-corrected chi connectivity index (χ2v) is 8.64. The number of carbonyl (C=O) groups is 2. The van der Waals surface area contributed by atoms with Gasteiger partial charge in [-0.3, -0.25) is 20.0 Å². The Morgan fingerprint density at radius 2 is 2.09 bits per heavy atom. The molecule has 0 unspecified atom stereocenters. The summed E-state index contributed by atoms with van der Waals surface area (Å²) >= 11 is 1.44. The monoisotopic (exact) mass is 450 g/mol. The highest BCUT2D eigenvalue weighted by atomic mass is 32.1. The largest absolute Gasteiger partial charge is 0.494 e. The molecule has 3 aromatic rings. The van der Waals surface area contributed by atoms with Crippen LogP contribution in [0.15, 0.2) is 54.2 Å². The molecule has 0 aliphatic carbocycles. The summed E-state index contributed by atoms with van der Waals surface area (Å²) in [6.07, 6.45) is 7.38. The van der Waals surface area contributed by atoms with Crippen LogP contribution in [0.3, 0.4) is 0 Å². The molecular weight excluding hydrogens is 424 g/mol. The van der Waals surface area contributed by atoms with E-state index in [9.17, 15) is 9.59 Å². The van der Waals surface area contributed by atoms with E-state index in [2.05, 4.69) is 15.4 Å². The van der Waals surface area contributed by atoms with Gasteiger partial charge in [0.25, 0.3) is 5.91 Å². The van der Waals surface area contributed by atoms with E-state index in [1.807, 2.05) is 29.3 Å². The highest BCUT2D eigenvalue weighted by molar-refractivity contribution is 7.13. The van der Waals surface area contributed by atoms with Gasteiger partial charge < -0.3 is 4.74 Å². The van der Waals surface area contributed by atoms with Gasteiger partial charge in [-0.25, -0.2) is 9.99 Å². The number of thiazole rings is 1. The third-order valence-corrected chi connectivity index (χ3v) is 6.37. The van der Waals surface area contributed by atoms with Crippen molar-refractivity contribution in [2.24, 2.45) is 0 Å². The van der Waals surface area contributed by atoms with Gasteiger partial charge in [-0.2, -0.15) is 0 Å². The van der Waals surface area contributed by atoms with Crippen LogP contribution in [0.4, 0.5) is 0 Å². The molecule has 8 heteroatoms. The second-order valence-electron chi connectivity index (χ2n) is 7.78. The molecule has 1 fully saturated rings. The fourth-order valence-electron chi connectivity index (χ4n) is 3.77. The number of benzene rings is 1. The van der Waals surface area contributed by atoms with Crippen LogP contribution in [0.1, 0.15) is 53.5 Å². The second kappa shape index (κ2) is 10.5. The van der Waals surface area contributed by atoms with Crippen LogP contribution in [0.25, 0.3) is 10.6 Å². The molecule has 1 saturated heterocycles. The van der Waals surface area contributed by atoms with Gasteiger partial charge in [-0.1, -0.05) is 0 Å². The number of pyridine rings is 1. The number of ketones is 1. The number of carbonyl (C=O) groups excluding carboxylic acids is 2. The number of hydrogen-bond acceptors (Lipinski definition) is 7. The smallest absolute Gasteiger partial charge is 0.285 e. The van der Waals surface area contributed by atoms with Crippen LogP contribution in [0.2, 0.25) is 0 Å². The van der Waals surface area contributed by atoms with Gasteiger partial charge in [-0.15, -0.1) is 11.3 Å². The van der Waals surface area contributed by atoms with Crippen molar-refractivity contribution in [1.82, 2.24) is 20.4 Å². The lowest BCUT2D eigenvalue weighted by atomic mass is 10.1. The van der Waals surface area contributed by atoms with E-state index in [0.717, 1.165) is 48.5 Å². The zero-order valence-corrected chi connectivity index (χ0v) is 18.8. The Balaban J connectivity index is 1.24. The van der Waals surface area contributed by atoms with Gasteiger partial charge in [-0.05, 0) is 69.0 Å². The standard InChI is InChI=1S/C24H26N4O3S/c1-17(29)18-8-10-21(11-9-18)31-14-4-7-20-6-3-13-28(20)27-23(30)22-16-32-24(26-22)19-5-2-12-25-15-19/h2,5,8-12,15-16,20H,3-4,6-7,13-14H2,1H3,(H,27,30)/t20-/m1/s1. The van der Waals surface area contributed by atoms with Gasteiger partial charge in [0.1, 0.15) is 16.5 Å². The number of aromatic nitrogens is 2. The molecule has 0 radical (unpaired) electrons. The lowest BCUT2D eigenvalue weighted by Crippen LogP contribution is -2.45. The average Bonchev–Trinajstić information content (AvgIpc) is 3.48. The van der Waals surface area contributed by atoms with Crippen molar-refractivity contribution < 1.29 is 14.3 Å². The predicted molar refractivity (Wildman–Crippen MR) is 124 cm³/mol. The molecule has 1 aliphatic heterocycles. The summed E-state index contributed by atoms with van der Waals surface area (Å²) in [6, 6.07) is 11.3. The molecule has 1 atom stereocenters. The first kappa shape index (κ1) is 22.1. The minimum Gasteiger partial charge on any atom is -0.494 e. The summed E-state index contributed by atoms with van der Waals surface area (Å²) in [6.45, 7) is 2.98. The fraction of sp³-hybridized carbons (Fsp3) is 0.333. The maximum absolute atomic E-state index is 12.7. The normalized spacial score (nSPS) is 16.1. The zero-order chi connectivity index (χ0) is 22.3. The van der Waals surface area contributed by atoms with Gasteiger partial charge in [0, 0.05) is 41.5 Å². The number of nitrogens with zero attached hydrogens (tertiary/aromatic N) is 3. The number of hydrogen-bond donors (Lipinski definition) is 1. The number of hydrazine groups is 1. The first-order valence-corrected chi connectivity index (χ1v) is 11.7. The molecule has 1 aliphatic rings. The third kappa shape index (κ3) is 5.57. The summed E-state index contributed by atoms with van der Waals surface area (Å²) in [4.78, 5) is 32.6. The van der Waals surface area contributed by atoms with E-state index in [1.54, 1.807) is 36.8 Å². The van der Waals surface area contributed by atoms with Gasteiger partial charge >= 0.3 is 0 Å². The predicted octanol–water partition coefficient (Wildman–Crippen LogP) is 4.38. The molecule has 3 heterocycles.